The summed E-state index contributed by atoms with van der Waals surface area (Å²) in [6.07, 6.45) is 3.19. The molecule has 1 aliphatic carbocycles. The molecule has 5 nitrogen and oxygen atoms in total. The first-order valence-corrected chi connectivity index (χ1v) is 11.7. The van der Waals surface area contributed by atoms with E-state index in [1.807, 2.05) is 36.4 Å². The van der Waals surface area contributed by atoms with Crippen LogP contribution >= 0.6 is 11.8 Å². The third-order valence-electron chi connectivity index (χ3n) is 5.69. The highest BCUT2D eigenvalue weighted by atomic mass is 32.2. The molecule has 1 aromatic heterocycles. The van der Waals surface area contributed by atoms with Gasteiger partial charge in [0.25, 0.3) is 0 Å². The molecule has 3 aromatic rings. The van der Waals surface area contributed by atoms with Crippen LogP contribution in [0, 0.1) is 11.3 Å². The lowest BCUT2D eigenvalue weighted by molar-refractivity contribution is -0.115. The number of fused-ring (bicyclic) bond motifs is 1. The minimum absolute atomic E-state index is 0.0934. The van der Waals surface area contributed by atoms with Gasteiger partial charge in [-0.15, -0.1) is 11.8 Å². The molecule has 1 atom stereocenters. The highest BCUT2D eigenvalue weighted by Gasteiger charge is 2.23. The summed E-state index contributed by atoms with van der Waals surface area (Å²) in [7, 11) is 1.58. The van der Waals surface area contributed by atoms with Crippen molar-refractivity contribution in [1.82, 2.24) is 4.98 Å². The van der Waals surface area contributed by atoms with E-state index in [0.717, 1.165) is 30.0 Å². The number of para-hydroxylation sites is 2. The molecule has 0 spiro atoms. The predicted molar refractivity (Wildman–Crippen MR) is 127 cm³/mol. The molecule has 162 valence electrons. The summed E-state index contributed by atoms with van der Waals surface area (Å²) >= 11 is 1.46. The first kappa shape index (κ1) is 21.9. The molecular weight excluding hydrogens is 418 g/mol. The molecule has 0 aliphatic heterocycles. The number of hydrogen-bond donors (Lipinski definition) is 1. The van der Waals surface area contributed by atoms with E-state index in [2.05, 4.69) is 35.7 Å². The Morgan fingerprint density at radius 2 is 2.00 bits per heavy atom. The number of benzene rings is 2. The number of carbonyl (C=O) groups excluding carboxylic acids is 1. The van der Waals surface area contributed by atoms with Gasteiger partial charge in [-0.05, 0) is 54.5 Å². The Labute approximate surface area is 192 Å². The smallest absolute Gasteiger partial charge is 0.225 e. The second-order valence-corrected chi connectivity index (χ2v) is 8.84. The molecule has 0 saturated heterocycles. The number of methoxy groups -OCH3 is 1. The number of rotatable bonds is 7. The van der Waals surface area contributed by atoms with Crippen LogP contribution in [0.2, 0.25) is 0 Å². The van der Waals surface area contributed by atoms with Gasteiger partial charge >= 0.3 is 0 Å². The van der Waals surface area contributed by atoms with Crippen LogP contribution in [0.25, 0.3) is 0 Å². The van der Waals surface area contributed by atoms with E-state index in [4.69, 9.17) is 9.72 Å². The zero-order valence-electron chi connectivity index (χ0n) is 18.0. The number of thioether (sulfide) groups is 1. The largest absolute Gasteiger partial charge is 0.495 e. The normalized spacial score (nSPS) is 14.8. The summed E-state index contributed by atoms with van der Waals surface area (Å²) in [6.45, 7) is 0. The highest BCUT2D eigenvalue weighted by Crippen LogP contribution is 2.34. The minimum Gasteiger partial charge on any atom is -0.495 e. The molecule has 1 unspecified atom stereocenters. The number of aryl methyl sites for hydroxylation is 1. The molecule has 0 fully saturated rings. The standard InChI is InChI=1S/C26H25N3O2S/c1-31-24-10-6-5-9-23(24)28-25(30)13-14-32-26-21(17-27)16-20-15-19(11-12-22(20)29-26)18-7-3-2-4-8-18/h2-10,16,19H,11-15H2,1H3,(H,28,30). The van der Waals surface area contributed by atoms with Crippen molar-refractivity contribution in [3.8, 4) is 11.8 Å². The summed E-state index contributed by atoms with van der Waals surface area (Å²) in [5, 5.41) is 13.3. The monoisotopic (exact) mass is 443 g/mol. The van der Waals surface area contributed by atoms with Gasteiger partial charge in [0, 0.05) is 17.9 Å². The lowest BCUT2D eigenvalue weighted by Crippen LogP contribution is -2.15. The first-order valence-electron chi connectivity index (χ1n) is 10.7. The maximum atomic E-state index is 12.4. The van der Waals surface area contributed by atoms with E-state index in [-0.39, 0.29) is 5.91 Å². The van der Waals surface area contributed by atoms with Crippen LogP contribution in [0.15, 0.2) is 65.7 Å². The number of hydrogen-bond acceptors (Lipinski definition) is 5. The second-order valence-electron chi connectivity index (χ2n) is 7.76. The molecule has 1 aliphatic rings. The van der Waals surface area contributed by atoms with Crippen LogP contribution in [0.1, 0.15) is 41.1 Å². The summed E-state index contributed by atoms with van der Waals surface area (Å²) < 4.78 is 5.27. The van der Waals surface area contributed by atoms with Gasteiger partial charge < -0.3 is 10.1 Å². The predicted octanol–water partition coefficient (Wildman–Crippen LogP) is 5.36. The van der Waals surface area contributed by atoms with E-state index in [0.29, 0.717) is 35.1 Å². The average molecular weight is 444 g/mol. The topological polar surface area (TPSA) is 75.0 Å². The average Bonchev–Trinajstić information content (AvgIpc) is 2.84. The van der Waals surface area contributed by atoms with Crippen LogP contribution in [0.4, 0.5) is 5.69 Å². The Balaban J connectivity index is 1.38. The maximum Gasteiger partial charge on any atom is 0.225 e. The zero-order valence-corrected chi connectivity index (χ0v) is 18.8. The van der Waals surface area contributed by atoms with Gasteiger partial charge in [0.2, 0.25) is 5.91 Å². The Hall–Kier alpha value is -3.30. The van der Waals surface area contributed by atoms with Crippen LogP contribution in [-0.2, 0) is 17.6 Å². The number of nitrogens with zero attached hydrogens (tertiary/aromatic N) is 2. The first-order chi connectivity index (χ1) is 15.7. The minimum atomic E-state index is -0.0934. The summed E-state index contributed by atoms with van der Waals surface area (Å²) in [4.78, 5) is 17.2. The molecule has 6 heteroatoms. The van der Waals surface area contributed by atoms with Crippen molar-refractivity contribution in [2.45, 2.75) is 36.6 Å². The quantitative estimate of drug-likeness (QED) is 0.498. The fourth-order valence-corrected chi connectivity index (χ4v) is 4.96. The molecule has 1 heterocycles. The number of nitriles is 1. The van der Waals surface area contributed by atoms with E-state index >= 15 is 0 Å². The maximum absolute atomic E-state index is 12.4. The number of amides is 1. The number of carbonyl (C=O) groups is 1. The van der Waals surface area contributed by atoms with Gasteiger partial charge in [0.1, 0.15) is 16.8 Å². The SMILES string of the molecule is COc1ccccc1NC(=O)CCSc1nc2c(cc1C#N)CC(c1ccccc1)CC2. The fraction of sp³-hybridized carbons (Fsp3) is 0.269. The summed E-state index contributed by atoms with van der Waals surface area (Å²) in [6, 6.07) is 22.2. The Kier molecular flexibility index (Phi) is 7.08. The number of pyridine rings is 1. The van der Waals surface area contributed by atoms with Gasteiger partial charge in [0.05, 0.1) is 18.4 Å². The van der Waals surface area contributed by atoms with Gasteiger partial charge in [-0.3, -0.25) is 4.79 Å². The highest BCUT2D eigenvalue weighted by molar-refractivity contribution is 7.99. The van der Waals surface area contributed by atoms with Crippen LogP contribution in [-0.4, -0.2) is 23.8 Å². The van der Waals surface area contributed by atoms with E-state index < -0.39 is 0 Å². The Bertz CT molecular complexity index is 1140. The summed E-state index contributed by atoms with van der Waals surface area (Å²) in [5.74, 6) is 1.55. The van der Waals surface area contributed by atoms with Gasteiger partial charge in [-0.1, -0.05) is 42.5 Å². The zero-order chi connectivity index (χ0) is 22.3. The van der Waals surface area contributed by atoms with E-state index in [9.17, 15) is 10.1 Å². The molecule has 0 saturated carbocycles. The van der Waals surface area contributed by atoms with Crippen molar-refractivity contribution in [2.24, 2.45) is 0 Å². The number of ether oxygens (including phenoxy) is 1. The molecule has 1 N–H and O–H groups in total. The number of aromatic nitrogens is 1. The number of anilines is 1. The van der Waals surface area contributed by atoms with Crippen molar-refractivity contribution in [3.63, 3.8) is 0 Å². The van der Waals surface area contributed by atoms with Crippen LogP contribution in [0.5, 0.6) is 5.75 Å². The van der Waals surface area contributed by atoms with Gasteiger partial charge in [-0.25, -0.2) is 4.98 Å². The lowest BCUT2D eigenvalue weighted by Gasteiger charge is -2.25. The fourth-order valence-electron chi connectivity index (χ4n) is 4.05. The van der Waals surface area contributed by atoms with Gasteiger partial charge in [-0.2, -0.15) is 5.26 Å². The molecule has 0 radical (unpaired) electrons. The Morgan fingerprint density at radius 3 is 2.78 bits per heavy atom. The molecule has 4 rings (SSSR count). The van der Waals surface area contributed by atoms with Crippen LogP contribution in [0.3, 0.4) is 0 Å². The molecule has 0 bridgehead atoms. The van der Waals surface area contributed by atoms with Crippen molar-refractivity contribution < 1.29 is 9.53 Å². The van der Waals surface area contributed by atoms with E-state index in [1.165, 1.54) is 22.9 Å². The third kappa shape index (κ3) is 5.12. The summed E-state index contributed by atoms with van der Waals surface area (Å²) in [5.41, 5.74) is 4.84. The third-order valence-corrected chi connectivity index (χ3v) is 6.69. The van der Waals surface area contributed by atoms with Crippen molar-refractivity contribution in [2.75, 3.05) is 18.2 Å². The molecular formula is C26H25N3O2S. The molecule has 2 aromatic carbocycles. The van der Waals surface area contributed by atoms with E-state index in [1.54, 1.807) is 7.11 Å². The van der Waals surface area contributed by atoms with Crippen molar-refractivity contribution in [1.29, 1.82) is 5.26 Å². The van der Waals surface area contributed by atoms with Crippen molar-refractivity contribution in [3.05, 3.63) is 83.0 Å². The second kappa shape index (κ2) is 10.3. The molecule has 1 amide bonds. The van der Waals surface area contributed by atoms with Crippen LogP contribution < -0.4 is 10.1 Å². The number of nitrogens with one attached hydrogen (secondary N) is 1. The van der Waals surface area contributed by atoms with Gasteiger partial charge in [0.15, 0.2) is 0 Å². The lowest BCUT2D eigenvalue weighted by atomic mass is 9.82. The molecule has 32 heavy (non-hydrogen) atoms. The Morgan fingerprint density at radius 1 is 1.22 bits per heavy atom. The van der Waals surface area contributed by atoms with Crippen molar-refractivity contribution >= 4 is 23.4 Å².